The lowest BCUT2D eigenvalue weighted by Crippen LogP contribution is -2.08. The number of rotatable bonds is 2. The Balaban J connectivity index is 2.24. The van der Waals surface area contributed by atoms with Crippen LogP contribution in [0.5, 0.6) is 0 Å². The Morgan fingerprint density at radius 3 is 3.10 bits per heavy atom. The third-order valence-electron chi connectivity index (χ3n) is 1.41. The Morgan fingerprint density at radius 2 is 2.60 bits per heavy atom. The van der Waals surface area contributed by atoms with E-state index in [2.05, 4.69) is 22.7 Å². The van der Waals surface area contributed by atoms with E-state index in [0.29, 0.717) is 18.4 Å². The number of hydrogen-bond donors (Lipinski definition) is 1. The summed E-state index contributed by atoms with van der Waals surface area (Å²) in [6, 6.07) is 0. The lowest BCUT2D eigenvalue weighted by molar-refractivity contribution is 0.118. The summed E-state index contributed by atoms with van der Waals surface area (Å²) in [5.74, 6) is 0. The molecule has 0 saturated carbocycles. The third kappa shape index (κ3) is 2.10. The van der Waals surface area contributed by atoms with Gasteiger partial charge in [0.15, 0.2) is 0 Å². The fraction of sp³-hybridized carbons (Fsp3) is 1.00. The molecule has 1 aliphatic heterocycles. The smallest absolute Gasteiger partial charge is 0.0643 e. The highest BCUT2D eigenvalue weighted by molar-refractivity contribution is 7.81. The van der Waals surface area contributed by atoms with E-state index < -0.39 is 0 Å². The molecule has 5 heteroatoms. The van der Waals surface area contributed by atoms with Crippen LogP contribution in [-0.2, 0) is 4.74 Å². The van der Waals surface area contributed by atoms with Crippen molar-refractivity contribution in [2.45, 2.75) is 17.8 Å². The second-order valence-electron chi connectivity index (χ2n) is 2.26. The minimum absolute atomic E-state index is 0.0957. The summed E-state index contributed by atoms with van der Waals surface area (Å²) in [6.07, 6.45) is 0.987. The molecule has 1 rings (SSSR count). The Morgan fingerprint density at radius 1 is 1.80 bits per heavy atom. The summed E-state index contributed by atoms with van der Waals surface area (Å²) in [7, 11) is 0. The summed E-state index contributed by atoms with van der Waals surface area (Å²) < 4.78 is 5.23. The van der Waals surface area contributed by atoms with E-state index in [1.807, 2.05) is 0 Å². The van der Waals surface area contributed by atoms with Crippen LogP contribution < -0.4 is 0 Å². The molecule has 1 saturated heterocycles. The second-order valence-corrected chi connectivity index (χ2v) is 2.99. The molecule has 0 aliphatic carbocycles. The average Bonchev–Trinajstić information content (AvgIpc) is 2.31. The van der Waals surface area contributed by atoms with Gasteiger partial charge in [-0.1, -0.05) is 5.11 Å². The molecule has 4 nitrogen and oxygen atoms in total. The zero-order chi connectivity index (χ0) is 7.40. The van der Waals surface area contributed by atoms with Crippen LogP contribution in [0.25, 0.3) is 10.4 Å². The van der Waals surface area contributed by atoms with Crippen LogP contribution >= 0.6 is 12.6 Å². The number of ether oxygens (including phenoxy) is 1. The van der Waals surface area contributed by atoms with Crippen molar-refractivity contribution < 1.29 is 4.74 Å². The monoisotopic (exact) mass is 159 g/mol. The van der Waals surface area contributed by atoms with E-state index in [1.165, 1.54) is 0 Å². The third-order valence-corrected chi connectivity index (χ3v) is 1.77. The van der Waals surface area contributed by atoms with Crippen molar-refractivity contribution in [1.82, 2.24) is 0 Å². The van der Waals surface area contributed by atoms with E-state index in [1.54, 1.807) is 0 Å². The molecule has 1 heterocycles. The molecule has 1 aliphatic rings. The number of hydrogen-bond acceptors (Lipinski definition) is 3. The zero-order valence-corrected chi connectivity index (χ0v) is 6.37. The van der Waals surface area contributed by atoms with Crippen molar-refractivity contribution in [2.24, 2.45) is 5.11 Å². The highest BCUT2D eigenvalue weighted by Crippen LogP contribution is 2.17. The van der Waals surface area contributed by atoms with E-state index in [4.69, 9.17) is 10.3 Å². The first-order chi connectivity index (χ1) is 4.83. The van der Waals surface area contributed by atoms with Gasteiger partial charge in [0, 0.05) is 10.2 Å². The highest BCUT2D eigenvalue weighted by Gasteiger charge is 2.21. The van der Waals surface area contributed by atoms with Crippen molar-refractivity contribution in [3.63, 3.8) is 0 Å². The maximum absolute atomic E-state index is 7.98. The van der Waals surface area contributed by atoms with Crippen LogP contribution in [0.2, 0.25) is 0 Å². The maximum atomic E-state index is 7.98. The molecule has 0 N–H and O–H groups in total. The van der Waals surface area contributed by atoms with Crippen molar-refractivity contribution in [1.29, 1.82) is 0 Å². The van der Waals surface area contributed by atoms with Gasteiger partial charge in [-0.2, -0.15) is 12.6 Å². The highest BCUT2D eigenvalue weighted by atomic mass is 32.1. The van der Waals surface area contributed by atoms with Crippen molar-refractivity contribution in [3.05, 3.63) is 10.4 Å². The molecule has 10 heavy (non-hydrogen) atoms. The summed E-state index contributed by atoms with van der Waals surface area (Å²) in [6.45, 7) is 1.11. The molecule has 0 aromatic heterocycles. The number of nitrogens with zero attached hydrogens (tertiary/aromatic N) is 3. The molecule has 1 fully saturated rings. The summed E-state index contributed by atoms with van der Waals surface area (Å²) in [5, 5.41) is 3.73. The van der Waals surface area contributed by atoms with Gasteiger partial charge in [0.25, 0.3) is 0 Å². The lowest BCUT2D eigenvalue weighted by Gasteiger charge is -2.01. The standard InChI is InChI=1S/C5H9N3OS/c6-8-7-2-4-1-5(10)3-9-4/h4-5,10H,1-3H2/t4-,5-/m1/s1. The van der Waals surface area contributed by atoms with Gasteiger partial charge in [-0.3, -0.25) is 0 Å². The number of azide groups is 1. The lowest BCUT2D eigenvalue weighted by atomic mass is 10.2. The van der Waals surface area contributed by atoms with E-state index in [-0.39, 0.29) is 6.10 Å². The first-order valence-electron chi connectivity index (χ1n) is 3.13. The Labute approximate surface area is 64.6 Å². The molecule has 0 aromatic carbocycles. The van der Waals surface area contributed by atoms with Gasteiger partial charge < -0.3 is 4.74 Å². The van der Waals surface area contributed by atoms with Gasteiger partial charge in [0.1, 0.15) is 0 Å². The summed E-state index contributed by atoms with van der Waals surface area (Å²) >= 11 is 4.21. The minimum Gasteiger partial charge on any atom is -0.377 e. The predicted octanol–water partition coefficient (Wildman–Crippen LogP) is 1.38. The van der Waals surface area contributed by atoms with E-state index >= 15 is 0 Å². The van der Waals surface area contributed by atoms with Gasteiger partial charge >= 0.3 is 0 Å². The van der Waals surface area contributed by atoms with Crippen molar-refractivity contribution in [2.75, 3.05) is 13.2 Å². The summed E-state index contributed by atoms with van der Waals surface area (Å²) in [4.78, 5) is 2.64. The van der Waals surface area contributed by atoms with Crippen LogP contribution in [0.4, 0.5) is 0 Å². The second kappa shape index (κ2) is 3.71. The van der Waals surface area contributed by atoms with Gasteiger partial charge in [0.05, 0.1) is 19.3 Å². The zero-order valence-electron chi connectivity index (χ0n) is 5.47. The Kier molecular flexibility index (Phi) is 2.86. The van der Waals surface area contributed by atoms with Crippen LogP contribution in [0.1, 0.15) is 6.42 Å². The Hall–Kier alpha value is -0.380. The molecule has 0 radical (unpaired) electrons. The van der Waals surface area contributed by atoms with Gasteiger partial charge in [-0.15, -0.1) is 0 Å². The molecular formula is C5H9N3OS. The fourth-order valence-corrected chi connectivity index (χ4v) is 1.26. The molecule has 0 aromatic rings. The maximum Gasteiger partial charge on any atom is 0.0643 e. The molecular weight excluding hydrogens is 150 g/mol. The normalized spacial score (nSPS) is 31.7. The summed E-state index contributed by atoms with van der Waals surface area (Å²) in [5.41, 5.74) is 7.98. The van der Waals surface area contributed by atoms with Crippen molar-refractivity contribution in [3.8, 4) is 0 Å². The van der Waals surface area contributed by atoms with E-state index in [0.717, 1.165) is 6.42 Å². The van der Waals surface area contributed by atoms with Crippen molar-refractivity contribution >= 4 is 12.6 Å². The molecule has 2 atom stereocenters. The molecule has 0 unspecified atom stereocenters. The minimum atomic E-state index is 0.0957. The average molecular weight is 159 g/mol. The first kappa shape index (κ1) is 7.72. The van der Waals surface area contributed by atoms with Crippen LogP contribution in [0, 0.1) is 0 Å². The fourth-order valence-electron chi connectivity index (χ4n) is 0.942. The van der Waals surface area contributed by atoms with Crippen LogP contribution in [0.15, 0.2) is 5.11 Å². The molecule has 56 valence electrons. The largest absolute Gasteiger partial charge is 0.377 e. The van der Waals surface area contributed by atoms with Crippen LogP contribution in [0.3, 0.4) is 0 Å². The topological polar surface area (TPSA) is 58.0 Å². The van der Waals surface area contributed by atoms with Gasteiger partial charge in [-0.05, 0) is 12.0 Å². The predicted molar refractivity (Wildman–Crippen MR) is 41.1 cm³/mol. The SMILES string of the molecule is [N-]=[N+]=NC[C@H]1C[C@@H](S)CO1. The quantitative estimate of drug-likeness (QED) is 0.281. The van der Waals surface area contributed by atoms with E-state index in [9.17, 15) is 0 Å². The van der Waals surface area contributed by atoms with Gasteiger partial charge in [0.2, 0.25) is 0 Å². The van der Waals surface area contributed by atoms with Crippen LogP contribution in [-0.4, -0.2) is 24.5 Å². The number of thiol groups is 1. The molecule has 0 amide bonds. The molecule has 0 spiro atoms. The Bertz CT molecular complexity index is 157. The molecule has 0 bridgehead atoms. The first-order valence-corrected chi connectivity index (χ1v) is 3.65. The van der Waals surface area contributed by atoms with Gasteiger partial charge in [-0.25, -0.2) is 0 Å².